The second-order valence-electron chi connectivity index (χ2n) is 4.52. The molecule has 16 heavy (non-hydrogen) atoms. The van der Waals surface area contributed by atoms with E-state index in [1.54, 1.807) is 6.07 Å². The molecule has 3 heteroatoms. The summed E-state index contributed by atoms with van der Waals surface area (Å²) in [6.45, 7) is 4.44. The van der Waals surface area contributed by atoms with E-state index < -0.39 is 0 Å². The van der Waals surface area contributed by atoms with Crippen molar-refractivity contribution < 1.29 is 4.79 Å². The first-order valence-corrected chi connectivity index (χ1v) is 6.08. The van der Waals surface area contributed by atoms with Crippen molar-refractivity contribution in [2.75, 3.05) is 18.0 Å². The van der Waals surface area contributed by atoms with Gasteiger partial charge in [0.05, 0.1) is 5.02 Å². The molecule has 0 bridgehead atoms. The van der Waals surface area contributed by atoms with E-state index in [4.69, 9.17) is 11.6 Å². The van der Waals surface area contributed by atoms with Gasteiger partial charge in [-0.2, -0.15) is 0 Å². The number of hydrogen-bond acceptors (Lipinski definition) is 2. The molecule has 1 fully saturated rings. The van der Waals surface area contributed by atoms with Crippen LogP contribution in [0.4, 0.5) is 5.69 Å². The van der Waals surface area contributed by atoms with E-state index in [-0.39, 0.29) is 0 Å². The molecule has 1 aliphatic rings. The van der Waals surface area contributed by atoms with Crippen molar-refractivity contribution in [2.24, 2.45) is 5.92 Å². The molecule has 0 amide bonds. The van der Waals surface area contributed by atoms with E-state index in [0.717, 1.165) is 31.0 Å². The summed E-state index contributed by atoms with van der Waals surface area (Å²) >= 11 is 6.03. The Morgan fingerprint density at radius 3 is 2.94 bits per heavy atom. The predicted molar refractivity (Wildman–Crippen MR) is 67.5 cm³/mol. The Morgan fingerprint density at radius 2 is 2.31 bits per heavy atom. The number of carbonyl (C=O) groups is 1. The first kappa shape index (κ1) is 11.5. The number of benzene rings is 1. The number of aldehydes is 1. The molecule has 0 N–H and O–H groups in total. The minimum atomic E-state index is 0.547. The van der Waals surface area contributed by atoms with Gasteiger partial charge in [0.2, 0.25) is 0 Å². The number of hydrogen-bond donors (Lipinski definition) is 0. The fourth-order valence-electron chi connectivity index (χ4n) is 2.23. The Hall–Kier alpha value is -1.02. The first-order chi connectivity index (χ1) is 7.70. The molecule has 86 valence electrons. The maximum atomic E-state index is 10.7. The average molecular weight is 238 g/mol. The van der Waals surface area contributed by atoms with Crippen molar-refractivity contribution in [2.45, 2.75) is 19.8 Å². The largest absolute Gasteiger partial charge is 0.371 e. The third kappa shape index (κ3) is 2.38. The number of halogens is 1. The summed E-state index contributed by atoms with van der Waals surface area (Å²) in [5.74, 6) is 0.735. The van der Waals surface area contributed by atoms with Crippen molar-refractivity contribution >= 4 is 23.6 Å². The molecule has 1 atom stereocenters. The van der Waals surface area contributed by atoms with Crippen molar-refractivity contribution in [1.29, 1.82) is 0 Å². The van der Waals surface area contributed by atoms with Crippen LogP contribution in [-0.2, 0) is 0 Å². The summed E-state index contributed by atoms with van der Waals surface area (Å²) in [5.41, 5.74) is 1.69. The van der Waals surface area contributed by atoms with Crippen molar-refractivity contribution in [3.8, 4) is 0 Å². The smallest absolute Gasteiger partial charge is 0.151 e. The number of nitrogens with zero attached hydrogens (tertiary/aromatic N) is 1. The SMILES string of the molecule is CC1CCCN(c2ccc(C=O)c(Cl)c2)C1. The zero-order valence-corrected chi connectivity index (χ0v) is 10.2. The van der Waals surface area contributed by atoms with E-state index in [1.165, 1.54) is 12.8 Å². The summed E-state index contributed by atoms with van der Waals surface area (Å²) in [4.78, 5) is 13.0. The van der Waals surface area contributed by atoms with Crippen molar-refractivity contribution in [1.82, 2.24) is 0 Å². The van der Waals surface area contributed by atoms with Crippen LogP contribution in [0.1, 0.15) is 30.1 Å². The Bertz CT molecular complexity index is 392. The van der Waals surface area contributed by atoms with Crippen molar-refractivity contribution in [3.63, 3.8) is 0 Å². The van der Waals surface area contributed by atoms with Crippen LogP contribution in [-0.4, -0.2) is 19.4 Å². The van der Waals surface area contributed by atoms with Gasteiger partial charge in [0.15, 0.2) is 6.29 Å². The van der Waals surface area contributed by atoms with Crippen LogP contribution in [0.3, 0.4) is 0 Å². The highest BCUT2D eigenvalue weighted by Gasteiger charge is 2.17. The molecule has 2 rings (SSSR count). The minimum absolute atomic E-state index is 0.547. The fourth-order valence-corrected chi connectivity index (χ4v) is 2.45. The van der Waals surface area contributed by atoms with E-state index >= 15 is 0 Å². The fraction of sp³-hybridized carbons (Fsp3) is 0.462. The second kappa shape index (κ2) is 4.88. The average Bonchev–Trinajstić information content (AvgIpc) is 2.29. The number of anilines is 1. The monoisotopic (exact) mass is 237 g/mol. The summed E-state index contributed by atoms with van der Waals surface area (Å²) in [7, 11) is 0. The van der Waals surface area contributed by atoms with Gasteiger partial charge in [-0.1, -0.05) is 18.5 Å². The lowest BCUT2D eigenvalue weighted by Crippen LogP contribution is -2.34. The van der Waals surface area contributed by atoms with Gasteiger partial charge in [-0.05, 0) is 37.0 Å². The topological polar surface area (TPSA) is 20.3 Å². The molecule has 1 aliphatic heterocycles. The van der Waals surface area contributed by atoms with Crippen LogP contribution in [0.25, 0.3) is 0 Å². The van der Waals surface area contributed by atoms with Crippen LogP contribution in [0.2, 0.25) is 5.02 Å². The molecule has 0 spiro atoms. The third-order valence-corrected chi connectivity index (χ3v) is 3.46. The maximum absolute atomic E-state index is 10.7. The van der Waals surface area contributed by atoms with Gasteiger partial charge in [0, 0.05) is 24.3 Å². The summed E-state index contributed by atoms with van der Waals surface area (Å²) < 4.78 is 0. The van der Waals surface area contributed by atoms with E-state index in [0.29, 0.717) is 10.6 Å². The van der Waals surface area contributed by atoms with Gasteiger partial charge in [0.1, 0.15) is 0 Å². The number of piperidine rings is 1. The third-order valence-electron chi connectivity index (χ3n) is 3.13. The summed E-state index contributed by atoms with van der Waals surface area (Å²) in [6.07, 6.45) is 3.33. The van der Waals surface area contributed by atoms with Crippen LogP contribution in [0.15, 0.2) is 18.2 Å². The van der Waals surface area contributed by atoms with Gasteiger partial charge in [-0.15, -0.1) is 0 Å². The van der Waals surface area contributed by atoms with E-state index in [2.05, 4.69) is 11.8 Å². The molecule has 0 aromatic heterocycles. The molecule has 0 aliphatic carbocycles. The zero-order valence-electron chi connectivity index (χ0n) is 9.45. The Kier molecular flexibility index (Phi) is 3.49. The number of carbonyl (C=O) groups excluding carboxylic acids is 1. The zero-order chi connectivity index (χ0) is 11.5. The number of rotatable bonds is 2. The second-order valence-corrected chi connectivity index (χ2v) is 4.92. The van der Waals surface area contributed by atoms with Crippen LogP contribution < -0.4 is 4.90 Å². The highest BCUT2D eigenvalue weighted by atomic mass is 35.5. The van der Waals surface area contributed by atoms with Gasteiger partial charge >= 0.3 is 0 Å². The standard InChI is InChI=1S/C13H16ClNO/c1-10-3-2-6-15(8-10)12-5-4-11(9-16)13(14)7-12/h4-5,7,9-10H,2-3,6,8H2,1H3. The lowest BCUT2D eigenvalue weighted by Gasteiger charge is -2.33. The predicted octanol–water partition coefficient (Wildman–Crippen LogP) is 3.39. The maximum Gasteiger partial charge on any atom is 0.151 e. The highest BCUT2D eigenvalue weighted by molar-refractivity contribution is 6.33. The molecule has 0 saturated carbocycles. The van der Waals surface area contributed by atoms with Gasteiger partial charge in [-0.25, -0.2) is 0 Å². The van der Waals surface area contributed by atoms with E-state index in [9.17, 15) is 4.79 Å². The van der Waals surface area contributed by atoms with Crippen LogP contribution >= 0.6 is 11.6 Å². The van der Waals surface area contributed by atoms with Crippen LogP contribution in [0, 0.1) is 5.92 Å². The Morgan fingerprint density at radius 1 is 1.50 bits per heavy atom. The lowest BCUT2D eigenvalue weighted by molar-refractivity contribution is 0.112. The molecule has 2 nitrogen and oxygen atoms in total. The molecule has 1 unspecified atom stereocenters. The molecule has 1 heterocycles. The molecule has 0 radical (unpaired) electrons. The summed E-state index contributed by atoms with van der Waals surface area (Å²) in [5, 5.41) is 0.547. The Labute approximate surface area is 101 Å². The van der Waals surface area contributed by atoms with Gasteiger partial charge in [0.25, 0.3) is 0 Å². The molecule has 1 aromatic rings. The van der Waals surface area contributed by atoms with E-state index in [1.807, 2.05) is 12.1 Å². The molecular formula is C13H16ClNO. The molecular weight excluding hydrogens is 222 g/mol. The quantitative estimate of drug-likeness (QED) is 0.735. The molecule has 1 saturated heterocycles. The Balaban J connectivity index is 2.20. The van der Waals surface area contributed by atoms with Crippen molar-refractivity contribution in [3.05, 3.63) is 28.8 Å². The highest BCUT2D eigenvalue weighted by Crippen LogP contribution is 2.26. The van der Waals surface area contributed by atoms with Crippen LogP contribution in [0.5, 0.6) is 0 Å². The lowest BCUT2D eigenvalue weighted by atomic mass is 9.99. The summed E-state index contributed by atoms with van der Waals surface area (Å²) in [6, 6.07) is 5.67. The minimum Gasteiger partial charge on any atom is -0.371 e. The molecule has 1 aromatic carbocycles. The normalized spacial score (nSPS) is 20.9. The van der Waals surface area contributed by atoms with Gasteiger partial charge < -0.3 is 4.90 Å². The van der Waals surface area contributed by atoms with Gasteiger partial charge in [-0.3, -0.25) is 4.79 Å². The first-order valence-electron chi connectivity index (χ1n) is 5.70.